The van der Waals surface area contributed by atoms with Crippen molar-refractivity contribution in [1.82, 2.24) is 14.9 Å². The molecule has 1 atom stereocenters. The largest absolute Gasteiger partial charge is 0.367 e. The van der Waals surface area contributed by atoms with E-state index in [-0.39, 0.29) is 0 Å². The Bertz CT molecular complexity index is 506. The molecule has 0 saturated carbocycles. The SMILES string of the molecule is Cc1csc2c(NCC(C)N(C)C)ncnc12. The van der Waals surface area contributed by atoms with Crippen LogP contribution < -0.4 is 5.32 Å². The normalized spacial score (nSPS) is 13.2. The number of fused-ring (bicyclic) bond motifs is 1. The standard InChI is InChI=1S/C12H18N4S/c1-8-6-17-11-10(8)14-7-15-12(11)13-5-9(2)16(3)4/h6-7,9H,5H2,1-4H3,(H,13,14,15). The molecule has 2 heterocycles. The maximum atomic E-state index is 4.32. The lowest BCUT2D eigenvalue weighted by Gasteiger charge is -2.20. The smallest absolute Gasteiger partial charge is 0.147 e. The van der Waals surface area contributed by atoms with Crippen molar-refractivity contribution in [2.24, 2.45) is 0 Å². The summed E-state index contributed by atoms with van der Waals surface area (Å²) in [4.78, 5) is 10.8. The Morgan fingerprint density at radius 2 is 2.18 bits per heavy atom. The van der Waals surface area contributed by atoms with Crippen LogP contribution in [0.3, 0.4) is 0 Å². The van der Waals surface area contributed by atoms with Crippen LogP contribution in [0.1, 0.15) is 12.5 Å². The van der Waals surface area contributed by atoms with Crippen LogP contribution in [0.15, 0.2) is 11.7 Å². The van der Waals surface area contributed by atoms with Crippen molar-refractivity contribution in [3.8, 4) is 0 Å². The molecular weight excluding hydrogens is 232 g/mol. The number of rotatable bonds is 4. The second kappa shape index (κ2) is 4.98. The lowest BCUT2D eigenvalue weighted by atomic mass is 10.3. The van der Waals surface area contributed by atoms with Gasteiger partial charge in [-0.15, -0.1) is 11.3 Å². The van der Waals surface area contributed by atoms with Crippen molar-refractivity contribution >= 4 is 27.4 Å². The molecule has 2 aromatic heterocycles. The van der Waals surface area contributed by atoms with Crippen LogP contribution in [0.2, 0.25) is 0 Å². The Labute approximate surface area is 106 Å². The van der Waals surface area contributed by atoms with Crippen molar-refractivity contribution in [2.45, 2.75) is 19.9 Å². The molecule has 0 aliphatic heterocycles. The van der Waals surface area contributed by atoms with Gasteiger partial charge in [0.1, 0.15) is 12.1 Å². The lowest BCUT2D eigenvalue weighted by Crippen LogP contribution is -2.31. The molecule has 2 aromatic rings. The van der Waals surface area contributed by atoms with E-state index in [1.165, 1.54) is 5.56 Å². The number of hydrogen-bond acceptors (Lipinski definition) is 5. The van der Waals surface area contributed by atoms with E-state index in [0.717, 1.165) is 22.6 Å². The van der Waals surface area contributed by atoms with Gasteiger partial charge in [-0.25, -0.2) is 9.97 Å². The predicted molar refractivity (Wildman–Crippen MR) is 73.8 cm³/mol. The van der Waals surface area contributed by atoms with Gasteiger partial charge in [0, 0.05) is 12.6 Å². The molecule has 1 N–H and O–H groups in total. The third-order valence-electron chi connectivity index (χ3n) is 2.98. The van der Waals surface area contributed by atoms with E-state index in [1.54, 1.807) is 17.7 Å². The second-order valence-electron chi connectivity index (χ2n) is 4.51. The number of nitrogens with one attached hydrogen (secondary N) is 1. The van der Waals surface area contributed by atoms with Crippen LogP contribution in [0, 0.1) is 6.92 Å². The Balaban J connectivity index is 2.19. The maximum Gasteiger partial charge on any atom is 0.147 e. The van der Waals surface area contributed by atoms with E-state index in [9.17, 15) is 0 Å². The zero-order valence-corrected chi connectivity index (χ0v) is 11.5. The first-order valence-corrected chi connectivity index (χ1v) is 6.56. The van der Waals surface area contributed by atoms with Gasteiger partial charge in [0.25, 0.3) is 0 Å². The topological polar surface area (TPSA) is 41.0 Å². The van der Waals surface area contributed by atoms with Gasteiger partial charge in [0.05, 0.1) is 10.2 Å². The summed E-state index contributed by atoms with van der Waals surface area (Å²) in [5, 5.41) is 5.52. The number of likely N-dealkylation sites (N-methyl/N-ethyl adjacent to an activating group) is 1. The van der Waals surface area contributed by atoms with Crippen LogP contribution in [0.25, 0.3) is 10.2 Å². The third-order valence-corrected chi connectivity index (χ3v) is 4.07. The fourth-order valence-corrected chi connectivity index (χ4v) is 2.49. The number of thiophene rings is 1. The molecule has 0 bridgehead atoms. The summed E-state index contributed by atoms with van der Waals surface area (Å²) < 4.78 is 1.15. The van der Waals surface area contributed by atoms with E-state index >= 15 is 0 Å². The molecule has 4 nitrogen and oxygen atoms in total. The highest BCUT2D eigenvalue weighted by Crippen LogP contribution is 2.28. The Hall–Kier alpha value is -1.20. The van der Waals surface area contributed by atoms with Crippen molar-refractivity contribution in [1.29, 1.82) is 0 Å². The highest BCUT2D eigenvalue weighted by molar-refractivity contribution is 7.18. The zero-order valence-electron chi connectivity index (χ0n) is 10.7. The summed E-state index contributed by atoms with van der Waals surface area (Å²) in [7, 11) is 4.16. The van der Waals surface area contributed by atoms with Crippen molar-refractivity contribution in [3.63, 3.8) is 0 Å². The fourth-order valence-electron chi connectivity index (χ4n) is 1.52. The highest BCUT2D eigenvalue weighted by atomic mass is 32.1. The van der Waals surface area contributed by atoms with Crippen LogP contribution in [0.5, 0.6) is 0 Å². The lowest BCUT2D eigenvalue weighted by molar-refractivity contribution is 0.326. The fraction of sp³-hybridized carbons (Fsp3) is 0.500. The highest BCUT2D eigenvalue weighted by Gasteiger charge is 2.09. The van der Waals surface area contributed by atoms with Gasteiger partial charge in [0.15, 0.2) is 0 Å². The van der Waals surface area contributed by atoms with Gasteiger partial charge in [-0.3, -0.25) is 0 Å². The van der Waals surface area contributed by atoms with Gasteiger partial charge in [-0.05, 0) is 38.9 Å². The first-order valence-electron chi connectivity index (χ1n) is 5.68. The summed E-state index contributed by atoms with van der Waals surface area (Å²) in [6.07, 6.45) is 1.63. The van der Waals surface area contributed by atoms with Crippen LogP contribution in [-0.2, 0) is 0 Å². The Morgan fingerprint density at radius 1 is 1.41 bits per heavy atom. The zero-order chi connectivity index (χ0) is 12.4. The average Bonchev–Trinajstić information content (AvgIpc) is 2.69. The summed E-state index contributed by atoms with van der Waals surface area (Å²) in [6.45, 7) is 5.15. The van der Waals surface area contributed by atoms with Gasteiger partial charge in [-0.2, -0.15) is 0 Å². The van der Waals surface area contributed by atoms with Crippen LogP contribution >= 0.6 is 11.3 Å². The average molecular weight is 250 g/mol. The van der Waals surface area contributed by atoms with Crippen LogP contribution in [0.4, 0.5) is 5.82 Å². The van der Waals surface area contributed by atoms with Gasteiger partial charge >= 0.3 is 0 Å². The molecule has 0 radical (unpaired) electrons. The molecule has 1 unspecified atom stereocenters. The minimum Gasteiger partial charge on any atom is -0.367 e. The molecule has 17 heavy (non-hydrogen) atoms. The van der Waals surface area contributed by atoms with E-state index in [2.05, 4.69) is 53.5 Å². The number of nitrogens with zero attached hydrogens (tertiary/aromatic N) is 3. The monoisotopic (exact) mass is 250 g/mol. The summed E-state index contributed by atoms with van der Waals surface area (Å²) in [6, 6.07) is 0.473. The summed E-state index contributed by atoms with van der Waals surface area (Å²) >= 11 is 1.70. The molecule has 5 heteroatoms. The molecule has 0 aliphatic rings. The Morgan fingerprint density at radius 3 is 2.88 bits per heavy atom. The molecule has 0 saturated heterocycles. The minimum atomic E-state index is 0.473. The maximum absolute atomic E-state index is 4.32. The first kappa shape index (κ1) is 12.3. The molecule has 2 rings (SSSR count). The number of aryl methyl sites for hydroxylation is 1. The van der Waals surface area contributed by atoms with Crippen molar-refractivity contribution < 1.29 is 0 Å². The van der Waals surface area contributed by atoms with Crippen molar-refractivity contribution in [3.05, 3.63) is 17.3 Å². The summed E-state index contributed by atoms with van der Waals surface area (Å²) in [5.74, 6) is 0.946. The molecule has 0 aliphatic carbocycles. The van der Waals surface area contributed by atoms with E-state index in [0.29, 0.717) is 6.04 Å². The van der Waals surface area contributed by atoms with Crippen molar-refractivity contribution in [2.75, 3.05) is 26.0 Å². The first-order chi connectivity index (χ1) is 8.09. The number of anilines is 1. The molecular formula is C12H18N4S. The molecule has 0 fully saturated rings. The number of aromatic nitrogens is 2. The molecule has 92 valence electrons. The third kappa shape index (κ3) is 2.56. The van der Waals surface area contributed by atoms with E-state index in [4.69, 9.17) is 0 Å². The molecule has 0 aromatic carbocycles. The molecule has 0 spiro atoms. The predicted octanol–water partition coefficient (Wildman–Crippen LogP) is 2.36. The summed E-state index contributed by atoms with van der Waals surface area (Å²) in [5.41, 5.74) is 2.28. The number of hydrogen-bond donors (Lipinski definition) is 1. The minimum absolute atomic E-state index is 0.473. The second-order valence-corrected chi connectivity index (χ2v) is 5.39. The quantitative estimate of drug-likeness (QED) is 0.904. The van der Waals surface area contributed by atoms with Gasteiger partial charge < -0.3 is 10.2 Å². The van der Waals surface area contributed by atoms with Gasteiger partial charge in [-0.1, -0.05) is 0 Å². The van der Waals surface area contributed by atoms with E-state index in [1.807, 2.05) is 0 Å². The van der Waals surface area contributed by atoms with E-state index < -0.39 is 0 Å². The Kier molecular flexibility index (Phi) is 3.59. The molecule has 0 amide bonds. The van der Waals surface area contributed by atoms with Crippen LogP contribution in [-0.4, -0.2) is 41.5 Å². The van der Waals surface area contributed by atoms with Gasteiger partial charge in [0.2, 0.25) is 0 Å².